The van der Waals surface area contributed by atoms with Crippen LogP contribution < -0.4 is 10.6 Å². The number of benzene rings is 7. The average molecular weight is 543 g/mol. The third-order valence-electron chi connectivity index (χ3n) is 8.60. The van der Waals surface area contributed by atoms with Crippen molar-refractivity contribution in [3.05, 3.63) is 146 Å². The zero-order valence-corrected chi connectivity index (χ0v) is 23.6. The summed E-state index contributed by atoms with van der Waals surface area (Å²) >= 11 is 0. The number of hydrogen-bond acceptors (Lipinski definition) is 1. The normalized spacial score (nSPS) is 15.6. The van der Waals surface area contributed by atoms with Gasteiger partial charge in [0.15, 0.2) is 0 Å². The highest BCUT2D eigenvalue weighted by Crippen LogP contribution is 2.54. The summed E-state index contributed by atoms with van der Waals surface area (Å²) in [6.45, 7) is 1.94. The molecule has 1 heterocycles. The zero-order valence-electron chi connectivity index (χ0n) is 22.7. The molecule has 194 valence electrons. The van der Waals surface area contributed by atoms with E-state index in [1.807, 2.05) is 24.9 Å². The van der Waals surface area contributed by atoms with Crippen molar-refractivity contribution < 1.29 is 4.57 Å². The van der Waals surface area contributed by atoms with Crippen molar-refractivity contribution in [2.75, 3.05) is 6.66 Å². The molecule has 1 aliphatic rings. The van der Waals surface area contributed by atoms with E-state index >= 15 is 0 Å². The highest BCUT2D eigenvalue weighted by atomic mass is 31.2. The molecule has 0 spiro atoms. The molecule has 0 N–H and O–H groups in total. The second kappa shape index (κ2) is 9.16. The molecule has 0 saturated carbocycles. The van der Waals surface area contributed by atoms with E-state index in [2.05, 4.69) is 127 Å². The molecule has 0 amide bonds. The van der Waals surface area contributed by atoms with Crippen molar-refractivity contribution in [3.63, 3.8) is 0 Å². The number of hydrogen-bond donors (Lipinski definition) is 0. The summed E-state index contributed by atoms with van der Waals surface area (Å²) in [6, 6.07) is 51.5. The first kappa shape index (κ1) is 24.1. The summed E-state index contributed by atoms with van der Waals surface area (Å²) in [5.41, 5.74) is 9.27. The summed E-state index contributed by atoms with van der Waals surface area (Å²) in [4.78, 5) is 0. The first-order valence-corrected chi connectivity index (χ1v) is 16.2. The van der Waals surface area contributed by atoms with Crippen molar-refractivity contribution >= 4 is 39.3 Å². The molecule has 2 heteroatoms. The van der Waals surface area contributed by atoms with Gasteiger partial charge >= 0.3 is 0 Å². The second-order valence-electron chi connectivity index (χ2n) is 10.9. The van der Waals surface area contributed by atoms with Gasteiger partial charge in [-0.2, -0.15) is 0 Å². The zero-order chi connectivity index (χ0) is 27.6. The molecular weight excluding hydrogens is 515 g/mol. The smallest absolute Gasteiger partial charge is 0.142 e. The Balaban J connectivity index is 1.43. The van der Waals surface area contributed by atoms with Crippen LogP contribution in [0.15, 0.2) is 146 Å². The summed E-state index contributed by atoms with van der Waals surface area (Å²) in [5, 5.41) is 6.71. The minimum atomic E-state index is -2.79. The van der Waals surface area contributed by atoms with Crippen LogP contribution in [0, 0.1) is 0 Å². The van der Waals surface area contributed by atoms with Crippen LogP contribution in [0.3, 0.4) is 0 Å². The Labute approximate surface area is 240 Å². The van der Waals surface area contributed by atoms with Crippen LogP contribution in [0.5, 0.6) is 0 Å². The molecule has 0 aliphatic carbocycles. The fourth-order valence-electron chi connectivity index (χ4n) is 6.81. The molecule has 0 fully saturated rings. The van der Waals surface area contributed by atoms with Gasteiger partial charge in [-0.3, -0.25) is 0 Å². The van der Waals surface area contributed by atoms with Crippen molar-refractivity contribution in [3.8, 4) is 44.5 Å². The molecule has 1 nitrogen and oxygen atoms in total. The minimum Gasteiger partial charge on any atom is -0.314 e. The van der Waals surface area contributed by atoms with Crippen LogP contribution >= 0.6 is 7.14 Å². The third kappa shape index (κ3) is 3.60. The van der Waals surface area contributed by atoms with Crippen LogP contribution in [0.4, 0.5) is 0 Å². The molecular formula is C39H27OP. The Morgan fingerprint density at radius 1 is 0.390 bits per heavy atom. The lowest BCUT2D eigenvalue weighted by molar-refractivity contribution is 0.591. The van der Waals surface area contributed by atoms with Crippen LogP contribution in [0.1, 0.15) is 0 Å². The Bertz CT molecular complexity index is 2120. The van der Waals surface area contributed by atoms with E-state index in [0.29, 0.717) is 0 Å². The van der Waals surface area contributed by atoms with Gasteiger partial charge in [0.05, 0.1) is 0 Å². The first-order chi connectivity index (χ1) is 20.1. The molecule has 1 atom stereocenters. The average Bonchev–Trinajstić information content (AvgIpc) is 3.27. The molecule has 0 aromatic heterocycles. The fraction of sp³-hybridized carbons (Fsp3) is 0.0256. The van der Waals surface area contributed by atoms with E-state index in [1.54, 1.807) is 0 Å². The quantitative estimate of drug-likeness (QED) is 0.160. The topological polar surface area (TPSA) is 17.1 Å². The van der Waals surface area contributed by atoms with E-state index < -0.39 is 7.14 Å². The van der Waals surface area contributed by atoms with Gasteiger partial charge in [-0.25, -0.2) is 0 Å². The van der Waals surface area contributed by atoms with Crippen molar-refractivity contribution in [1.29, 1.82) is 0 Å². The largest absolute Gasteiger partial charge is 0.314 e. The van der Waals surface area contributed by atoms with E-state index in [4.69, 9.17) is 0 Å². The molecule has 0 saturated heterocycles. The number of rotatable bonds is 3. The summed E-state index contributed by atoms with van der Waals surface area (Å²) in [6.07, 6.45) is 0. The fourth-order valence-corrected chi connectivity index (χ4v) is 9.37. The van der Waals surface area contributed by atoms with Gasteiger partial charge in [0, 0.05) is 10.6 Å². The van der Waals surface area contributed by atoms with Gasteiger partial charge in [-0.05, 0) is 72.7 Å². The predicted octanol–water partition coefficient (Wildman–Crippen LogP) is 9.92. The van der Waals surface area contributed by atoms with E-state index in [0.717, 1.165) is 32.9 Å². The summed E-state index contributed by atoms with van der Waals surface area (Å²) in [5.74, 6) is 0. The predicted molar refractivity (Wildman–Crippen MR) is 176 cm³/mol. The SMILES string of the molecule is CP1(=O)c2ccccc2-c2cccc(-c3c4ccccc4c(-c4ccc(-c5ccccc5)cc4)c4ccccc34)c21. The third-order valence-corrected chi connectivity index (χ3v) is 11.2. The Kier molecular flexibility index (Phi) is 5.39. The van der Waals surface area contributed by atoms with Gasteiger partial charge in [0.25, 0.3) is 0 Å². The van der Waals surface area contributed by atoms with Gasteiger partial charge in [-0.15, -0.1) is 0 Å². The first-order valence-electron chi connectivity index (χ1n) is 14.0. The Morgan fingerprint density at radius 2 is 0.854 bits per heavy atom. The van der Waals surface area contributed by atoms with Crippen molar-refractivity contribution in [2.45, 2.75) is 0 Å². The van der Waals surface area contributed by atoms with E-state index in [9.17, 15) is 4.57 Å². The lowest BCUT2D eigenvalue weighted by atomic mass is 9.85. The lowest BCUT2D eigenvalue weighted by Gasteiger charge is -2.21. The molecule has 8 rings (SSSR count). The summed E-state index contributed by atoms with van der Waals surface area (Å²) in [7, 11) is -2.79. The minimum absolute atomic E-state index is 0.964. The highest BCUT2D eigenvalue weighted by molar-refractivity contribution is 7.79. The van der Waals surface area contributed by atoms with Crippen LogP contribution in [0.2, 0.25) is 0 Å². The van der Waals surface area contributed by atoms with Gasteiger partial charge in [-0.1, -0.05) is 146 Å². The monoisotopic (exact) mass is 542 g/mol. The maximum absolute atomic E-state index is 14.6. The molecule has 0 radical (unpaired) electrons. The number of fused-ring (bicyclic) bond motifs is 5. The molecule has 0 bridgehead atoms. The molecule has 1 aliphatic heterocycles. The molecule has 7 aromatic rings. The molecule has 41 heavy (non-hydrogen) atoms. The van der Waals surface area contributed by atoms with Crippen LogP contribution in [-0.4, -0.2) is 6.66 Å². The molecule has 7 aromatic carbocycles. The second-order valence-corrected chi connectivity index (χ2v) is 13.7. The summed E-state index contributed by atoms with van der Waals surface area (Å²) < 4.78 is 14.6. The standard InChI is InChI=1S/C39H27OP/c1-41(40)36-21-10-9-14-29(36)34-19-11-20-35(39(34)41)38-32-17-7-5-15-30(32)37(31-16-6-8-18-33(31)38)28-24-22-27(23-25-28)26-12-3-2-4-13-26/h2-25H,1H3. The molecule has 1 unspecified atom stereocenters. The van der Waals surface area contributed by atoms with Gasteiger partial charge in [0.1, 0.15) is 7.14 Å². The maximum atomic E-state index is 14.6. The highest BCUT2D eigenvalue weighted by Gasteiger charge is 2.37. The maximum Gasteiger partial charge on any atom is 0.142 e. The van der Waals surface area contributed by atoms with Gasteiger partial charge < -0.3 is 4.57 Å². The van der Waals surface area contributed by atoms with E-state index in [1.165, 1.54) is 43.8 Å². The van der Waals surface area contributed by atoms with Crippen LogP contribution in [0.25, 0.3) is 66.1 Å². The lowest BCUT2D eigenvalue weighted by Crippen LogP contribution is -2.11. The van der Waals surface area contributed by atoms with Gasteiger partial charge in [0.2, 0.25) is 0 Å². The Hall–Kier alpha value is -4.71. The van der Waals surface area contributed by atoms with Crippen molar-refractivity contribution in [2.24, 2.45) is 0 Å². The van der Waals surface area contributed by atoms with Crippen molar-refractivity contribution in [1.82, 2.24) is 0 Å². The Morgan fingerprint density at radius 3 is 1.51 bits per heavy atom. The van der Waals surface area contributed by atoms with E-state index in [-0.39, 0.29) is 0 Å². The van der Waals surface area contributed by atoms with Crippen LogP contribution in [-0.2, 0) is 4.57 Å².